The van der Waals surface area contributed by atoms with Crippen LogP contribution in [0, 0.1) is 0 Å². The highest BCUT2D eigenvalue weighted by Gasteiger charge is 2.23. The van der Waals surface area contributed by atoms with E-state index in [2.05, 4.69) is 0 Å². The summed E-state index contributed by atoms with van der Waals surface area (Å²) in [5.41, 5.74) is 0.531. The first-order valence-corrected chi connectivity index (χ1v) is 6.69. The van der Waals surface area contributed by atoms with Gasteiger partial charge in [0.2, 0.25) is 0 Å². The number of hydrogen-bond acceptors (Lipinski definition) is 2. The molecule has 0 saturated heterocycles. The minimum atomic E-state index is -0.986. The van der Waals surface area contributed by atoms with Crippen molar-refractivity contribution >= 4 is 29.2 Å². The van der Waals surface area contributed by atoms with Gasteiger partial charge in [-0.15, -0.1) is 0 Å². The Labute approximate surface area is 126 Å². The molecule has 1 atom stereocenters. The maximum Gasteiger partial charge on any atom is 0.314 e. The van der Waals surface area contributed by atoms with Crippen molar-refractivity contribution in [1.29, 1.82) is 0 Å². The van der Waals surface area contributed by atoms with Crippen LogP contribution in [-0.2, 0) is 4.79 Å². The third kappa shape index (κ3) is 3.65. The molecular formula is C15H12Cl2O3. The lowest BCUT2D eigenvalue weighted by Crippen LogP contribution is -2.19. The van der Waals surface area contributed by atoms with Crippen LogP contribution < -0.4 is 4.74 Å². The van der Waals surface area contributed by atoms with Crippen LogP contribution in [0.25, 0.3) is 0 Å². The van der Waals surface area contributed by atoms with Crippen LogP contribution in [0.3, 0.4) is 0 Å². The van der Waals surface area contributed by atoms with Crippen LogP contribution in [-0.4, -0.2) is 17.7 Å². The normalized spacial score (nSPS) is 11.9. The molecule has 0 aliphatic rings. The predicted molar refractivity (Wildman–Crippen MR) is 78.8 cm³/mol. The molecule has 0 fully saturated rings. The number of rotatable bonds is 5. The highest BCUT2D eigenvalue weighted by molar-refractivity contribution is 6.31. The Balaban J connectivity index is 2.15. The van der Waals surface area contributed by atoms with E-state index in [1.807, 2.05) is 0 Å². The molecule has 0 amide bonds. The second kappa shape index (κ2) is 6.64. The fraction of sp³-hybridized carbons (Fsp3) is 0.133. The van der Waals surface area contributed by atoms with Gasteiger partial charge in [-0.2, -0.15) is 0 Å². The van der Waals surface area contributed by atoms with Gasteiger partial charge in [-0.3, -0.25) is 4.79 Å². The first-order valence-electron chi connectivity index (χ1n) is 5.93. The number of carbonyl (C=O) groups is 1. The molecule has 2 aromatic rings. The molecule has 3 nitrogen and oxygen atoms in total. The Bertz CT molecular complexity index is 614. The van der Waals surface area contributed by atoms with E-state index in [1.165, 1.54) is 0 Å². The van der Waals surface area contributed by atoms with Crippen LogP contribution in [0.5, 0.6) is 5.75 Å². The minimum absolute atomic E-state index is 0.0145. The molecule has 2 rings (SSSR count). The van der Waals surface area contributed by atoms with E-state index in [9.17, 15) is 9.90 Å². The Kier molecular flexibility index (Phi) is 4.88. The van der Waals surface area contributed by atoms with Gasteiger partial charge in [0.15, 0.2) is 0 Å². The molecule has 0 bridgehead atoms. The fourth-order valence-corrected chi connectivity index (χ4v) is 2.24. The van der Waals surface area contributed by atoms with Gasteiger partial charge >= 0.3 is 5.97 Å². The fourth-order valence-electron chi connectivity index (χ4n) is 1.79. The van der Waals surface area contributed by atoms with Gasteiger partial charge in [0.25, 0.3) is 0 Å². The molecule has 0 aliphatic heterocycles. The average Bonchev–Trinajstić information content (AvgIpc) is 2.40. The van der Waals surface area contributed by atoms with Crippen molar-refractivity contribution in [1.82, 2.24) is 0 Å². The summed E-state index contributed by atoms with van der Waals surface area (Å²) in [5.74, 6) is -1.29. The topological polar surface area (TPSA) is 46.5 Å². The number of carboxylic acid groups (broad SMARTS) is 1. The first kappa shape index (κ1) is 14.7. The van der Waals surface area contributed by atoms with E-state index in [-0.39, 0.29) is 6.61 Å². The molecule has 0 heterocycles. The van der Waals surface area contributed by atoms with E-state index in [4.69, 9.17) is 27.9 Å². The second-order valence-electron chi connectivity index (χ2n) is 4.18. The predicted octanol–water partition coefficient (Wildman–Crippen LogP) is 4.24. The molecule has 0 spiro atoms. The smallest absolute Gasteiger partial charge is 0.314 e. The van der Waals surface area contributed by atoms with E-state index in [0.29, 0.717) is 21.4 Å². The van der Waals surface area contributed by atoms with Crippen molar-refractivity contribution < 1.29 is 14.6 Å². The number of ether oxygens (including phenoxy) is 1. The lowest BCUT2D eigenvalue weighted by molar-refractivity contribution is -0.139. The molecule has 0 aromatic heterocycles. The standard InChI is InChI=1S/C15H12Cl2O3/c16-10-4-3-5-11(8-10)20-9-13(15(18)19)12-6-1-2-7-14(12)17/h1-8,13H,9H2,(H,18,19). The highest BCUT2D eigenvalue weighted by atomic mass is 35.5. The Hall–Kier alpha value is -1.71. The summed E-state index contributed by atoms with van der Waals surface area (Å²) in [5, 5.41) is 10.3. The summed E-state index contributed by atoms with van der Waals surface area (Å²) in [6.45, 7) is -0.0145. The molecule has 20 heavy (non-hydrogen) atoms. The largest absolute Gasteiger partial charge is 0.492 e. The zero-order valence-corrected chi connectivity index (χ0v) is 11.9. The van der Waals surface area contributed by atoms with Crippen molar-refractivity contribution in [3.8, 4) is 5.75 Å². The number of halogens is 2. The zero-order valence-electron chi connectivity index (χ0n) is 10.4. The average molecular weight is 311 g/mol. The lowest BCUT2D eigenvalue weighted by atomic mass is 10.0. The highest BCUT2D eigenvalue weighted by Crippen LogP contribution is 2.26. The van der Waals surface area contributed by atoms with Crippen molar-refractivity contribution in [2.24, 2.45) is 0 Å². The van der Waals surface area contributed by atoms with Gasteiger partial charge in [-0.1, -0.05) is 47.5 Å². The summed E-state index contributed by atoms with van der Waals surface area (Å²) < 4.78 is 5.50. The minimum Gasteiger partial charge on any atom is -0.492 e. The first-order chi connectivity index (χ1) is 9.58. The lowest BCUT2D eigenvalue weighted by Gasteiger charge is -2.15. The second-order valence-corrected chi connectivity index (χ2v) is 5.02. The zero-order chi connectivity index (χ0) is 14.5. The van der Waals surface area contributed by atoms with Crippen molar-refractivity contribution in [3.63, 3.8) is 0 Å². The van der Waals surface area contributed by atoms with Crippen molar-refractivity contribution in [2.75, 3.05) is 6.61 Å². The number of benzene rings is 2. The molecular weight excluding hydrogens is 299 g/mol. The van der Waals surface area contributed by atoms with E-state index in [1.54, 1.807) is 48.5 Å². The van der Waals surface area contributed by atoms with Crippen LogP contribution in [0.2, 0.25) is 10.0 Å². The maximum atomic E-state index is 11.4. The van der Waals surface area contributed by atoms with Gasteiger partial charge < -0.3 is 9.84 Å². The molecule has 1 unspecified atom stereocenters. The Morgan fingerprint density at radius 3 is 2.55 bits per heavy atom. The maximum absolute atomic E-state index is 11.4. The van der Waals surface area contributed by atoms with Crippen LogP contribution in [0.4, 0.5) is 0 Å². The molecule has 104 valence electrons. The summed E-state index contributed by atoms with van der Waals surface area (Å²) in [6.07, 6.45) is 0. The molecule has 5 heteroatoms. The Morgan fingerprint density at radius 2 is 1.90 bits per heavy atom. The number of hydrogen-bond donors (Lipinski definition) is 1. The molecule has 0 aliphatic carbocycles. The molecule has 2 aromatic carbocycles. The third-order valence-electron chi connectivity index (χ3n) is 2.79. The monoisotopic (exact) mass is 310 g/mol. The molecule has 0 radical (unpaired) electrons. The number of carboxylic acids is 1. The SMILES string of the molecule is O=C(O)C(COc1cccc(Cl)c1)c1ccccc1Cl. The van der Waals surface area contributed by atoms with Gasteiger partial charge in [-0.25, -0.2) is 0 Å². The molecule has 0 saturated carbocycles. The quantitative estimate of drug-likeness (QED) is 0.898. The van der Waals surface area contributed by atoms with Crippen LogP contribution in [0.15, 0.2) is 48.5 Å². The van der Waals surface area contributed by atoms with Gasteiger partial charge in [-0.05, 0) is 29.8 Å². The van der Waals surface area contributed by atoms with Crippen LogP contribution >= 0.6 is 23.2 Å². The number of aliphatic carboxylic acids is 1. The van der Waals surface area contributed by atoms with Gasteiger partial charge in [0, 0.05) is 10.0 Å². The molecule has 1 N–H and O–H groups in total. The van der Waals surface area contributed by atoms with E-state index in [0.717, 1.165) is 0 Å². The van der Waals surface area contributed by atoms with E-state index >= 15 is 0 Å². The van der Waals surface area contributed by atoms with Crippen molar-refractivity contribution in [2.45, 2.75) is 5.92 Å². The third-order valence-corrected chi connectivity index (χ3v) is 3.37. The summed E-state index contributed by atoms with van der Waals surface area (Å²) >= 11 is 11.9. The van der Waals surface area contributed by atoms with E-state index < -0.39 is 11.9 Å². The van der Waals surface area contributed by atoms with Crippen LogP contribution in [0.1, 0.15) is 11.5 Å². The summed E-state index contributed by atoms with van der Waals surface area (Å²) in [4.78, 5) is 11.4. The van der Waals surface area contributed by atoms with Gasteiger partial charge in [0.1, 0.15) is 18.3 Å². The Morgan fingerprint density at radius 1 is 1.15 bits per heavy atom. The summed E-state index contributed by atoms with van der Waals surface area (Å²) in [7, 11) is 0. The van der Waals surface area contributed by atoms with Crippen molar-refractivity contribution in [3.05, 3.63) is 64.1 Å². The van der Waals surface area contributed by atoms with Gasteiger partial charge in [0.05, 0.1) is 0 Å². The summed E-state index contributed by atoms with van der Waals surface area (Å²) in [6, 6.07) is 13.7.